The molecule has 0 aliphatic carbocycles. The van der Waals surface area contributed by atoms with Crippen LogP contribution in [0.1, 0.15) is 15.9 Å². The smallest absolute Gasteiger partial charge is 0.338 e. The normalized spacial score (nSPS) is 10.1. The number of halogens is 1. The van der Waals surface area contributed by atoms with Gasteiger partial charge < -0.3 is 15.4 Å². The number of nitro groups is 1. The second-order valence-electron chi connectivity index (χ2n) is 5.32. The van der Waals surface area contributed by atoms with Gasteiger partial charge in [-0.25, -0.2) is 4.79 Å². The van der Waals surface area contributed by atoms with Gasteiger partial charge in [-0.1, -0.05) is 17.7 Å². The summed E-state index contributed by atoms with van der Waals surface area (Å²) in [7, 11) is 1.53. The third kappa shape index (κ3) is 4.70. The number of nitrogens with one attached hydrogen (secondary N) is 2. The predicted octanol–water partition coefficient (Wildman–Crippen LogP) is 3.39. The van der Waals surface area contributed by atoms with Gasteiger partial charge in [0.1, 0.15) is 5.69 Å². The Morgan fingerprint density at radius 1 is 1.19 bits per heavy atom. The van der Waals surface area contributed by atoms with Crippen molar-refractivity contribution in [3.05, 3.63) is 62.7 Å². The first-order valence-electron chi connectivity index (χ1n) is 7.51. The highest BCUT2D eigenvalue weighted by Gasteiger charge is 2.18. The topological polar surface area (TPSA) is 111 Å². The molecule has 26 heavy (non-hydrogen) atoms. The molecular weight excluding hydrogens is 362 g/mol. The molecule has 1 amide bonds. The molecule has 9 heteroatoms. The molecule has 2 rings (SSSR count). The summed E-state index contributed by atoms with van der Waals surface area (Å²) in [4.78, 5) is 34.4. The van der Waals surface area contributed by atoms with Gasteiger partial charge in [0.2, 0.25) is 0 Å². The zero-order valence-corrected chi connectivity index (χ0v) is 14.8. The summed E-state index contributed by atoms with van der Waals surface area (Å²) in [6, 6.07) is 8.87. The van der Waals surface area contributed by atoms with E-state index in [2.05, 4.69) is 10.6 Å². The Kier molecular flexibility index (Phi) is 6.13. The largest absolute Gasteiger partial charge is 0.452 e. The van der Waals surface area contributed by atoms with Crippen molar-refractivity contribution in [1.29, 1.82) is 0 Å². The quantitative estimate of drug-likeness (QED) is 0.453. The van der Waals surface area contributed by atoms with E-state index in [0.29, 0.717) is 10.7 Å². The van der Waals surface area contributed by atoms with Crippen LogP contribution in [0.15, 0.2) is 36.4 Å². The summed E-state index contributed by atoms with van der Waals surface area (Å²) in [5, 5.41) is 16.7. The maximum Gasteiger partial charge on any atom is 0.338 e. The van der Waals surface area contributed by atoms with Crippen LogP contribution in [-0.4, -0.2) is 30.5 Å². The highest BCUT2D eigenvalue weighted by Crippen LogP contribution is 2.25. The lowest BCUT2D eigenvalue weighted by molar-refractivity contribution is -0.384. The molecule has 0 saturated heterocycles. The SMILES string of the molecule is CNc1ccc(C(=O)OCC(=O)Nc2cc(Cl)ccc2C)cc1[N+](=O)[O-]. The molecule has 0 atom stereocenters. The molecule has 0 radical (unpaired) electrons. The molecule has 0 saturated carbocycles. The van der Waals surface area contributed by atoms with E-state index in [4.69, 9.17) is 16.3 Å². The van der Waals surface area contributed by atoms with Crippen LogP contribution in [-0.2, 0) is 9.53 Å². The number of hydrogen-bond acceptors (Lipinski definition) is 6. The van der Waals surface area contributed by atoms with Crippen molar-refractivity contribution in [2.45, 2.75) is 6.92 Å². The molecule has 136 valence electrons. The minimum absolute atomic E-state index is 0.0255. The number of anilines is 2. The van der Waals surface area contributed by atoms with Crippen LogP contribution in [0.5, 0.6) is 0 Å². The first-order chi connectivity index (χ1) is 12.3. The van der Waals surface area contributed by atoms with E-state index in [9.17, 15) is 19.7 Å². The van der Waals surface area contributed by atoms with E-state index < -0.39 is 23.4 Å². The van der Waals surface area contributed by atoms with Crippen molar-refractivity contribution in [3.8, 4) is 0 Å². The Morgan fingerprint density at radius 3 is 2.58 bits per heavy atom. The molecule has 0 unspecified atom stereocenters. The van der Waals surface area contributed by atoms with E-state index in [0.717, 1.165) is 11.6 Å². The zero-order valence-electron chi connectivity index (χ0n) is 14.0. The number of aryl methyl sites for hydroxylation is 1. The molecule has 0 heterocycles. The van der Waals surface area contributed by atoms with Crippen molar-refractivity contribution in [1.82, 2.24) is 0 Å². The monoisotopic (exact) mass is 377 g/mol. The Balaban J connectivity index is 2.02. The van der Waals surface area contributed by atoms with Crippen LogP contribution < -0.4 is 10.6 Å². The van der Waals surface area contributed by atoms with Gasteiger partial charge in [0.05, 0.1) is 10.5 Å². The number of carbonyl (C=O) groups is 2. The minimum Gasteiger partial charge on any atom is -0.452 e. The van der Waals surface area contributed by atoms with Crippen molar-refractivity contribution >= 4 is 40.5 Å². The van der Waals surface area contributed by atoms with Crippen molar-refractivity contribution in [2.75, 3.05) is 24.3 Å². The summed E-state index contributed by atoms with van der Waals surface area (Å²) in [6.45, 7) is 1.26. The number of ether oxygens (including phenoxy) is 1. The second-order valence-corrected chi connectivity index (χ2v) is 5.76. The summed E-state index contributed by atoms with van der Waals surface area (Å²) < 4.78 is 4.91. The number of amides is 1. The molecule has 2 N–H and O–H groups in total. The highest BCUT2D eigenvalue weighted by molar-refractivity contribution is 6.31. The molecule has 0 aromatic heterocycles. The van der Waals surface area contributed by atoms with Crippen LogP contribution in [0.4, 0.5) is 17.1 Å². The minimum atomic E-state index is -0.839. The van der Waals surface area contributed by atoms with E-state index in [-0.39, 0.29) is 16.9 Å². The van der Waals surface area contributed by atoms with Crippen LogP contribution >= 0.6 is 11.6 Å². The molecule has 8 nitrogen and oxygen atoms in total. The van der Waals surface area contributed by atoms with E-state index >= 15 is 0 Å². The molecule has 2 aromatic carbocycles. The van der Waals surface area contributed by atoms with Crippen molar-refractivity contribution in [2.24, 2.45) is 0 Å². The van der Waals surface area contributed by atoms with Crippen LogP contribution in [0.25, 0.3) is 0 Å². The van der Waals surface area contributed by atoms with Gasteiger partial charge in [0.15, 0.2) is 6.61 Å². The Bertz CT molecular complexity index is 869. The molecule has 0 aliphatic heterocycles. The van der Waals surface area contributed by atoms with Crippen LogP contribution in [0.3, 0.4) is 0 Å². The third-order valence-corrected chi connectivity index (χ3v) is 3.74. The Morgan fingerprint density at radius 2 is 1.92 bits per heavy atom. The number of hydrogen-bond donors (Lipinski definition) is 2. The molecule has 0 bridgehead atoms. The van der Waals surface area contributed by atoms with Crippen molar-refractivity contribution < 1.29 is 19.2 Å². The van der Waals surface area contributed by atoms with E-state index in [1.54, 1.807) is 25.1 Å². The number of esters is 1. The molecular formula is C17H16ClN3O5. The molecule has 0 fully saturated rings. The van der Waals surface area contributed by atoms with Gasteiger partial charge in [0, 0.05) is 23.8 Å². The Hall–Kier alpha value is -3.13. The van der Waals surface area contributed by atoms with Gasteiger partial charge >= 0.3 is 5.97 Å². The maximum absolute atomic E-state index is 12.0. The maximum atomic E-state index is 12.0. The first-order valence-corrected chi connectivity index (χ1v) is 7.89. The average molecular weight is 378 g/mol. The molecule has 2 aromatic rings. The number of benzene rings is 2. The number of nitro benzene ring substituents is 1. The molecule has 0 aliphatic rings. The summed E-state index contributed by atoms with van der Waals surface area (Å²) in [5.74, 6) is -1.39. The van der Waals surface area contributed by atoms with E-state index in [1.807, 2.05) is 0 Å². The fourth-order valence-corrected chi connectivity index (χ4v) is 2.32. The predicted molar refractivity (Wildman–Crippen MR) is 97.7 cm³/mol. The van der Waals surface area contributed by atoms with Gasteiger partial charge in [0.25, 0.3) is 11.6 Å². The zero-order chi connectivity index (χ0) is 19.3. The lowest BCUT2D eigenvalue weighted by atomic mass is 10.1. The van der Waals surface area contributed by atoms with E-state index in [1.165, 1.54) is 19.2 Å². The van der Waals surface area contributed by atoms with Crippen molar-refractivity contribution in [3.63, 3.8) is 0 Å². The van der Waals surface area contributed by atoms with Crippen LogP contribution in [0.2, 0.25) is 5.02 Å². The highest BCUT2D eigenvalue weighted by atomic mass is 35.5. The average Bonchev–Trinajstić information content (AvgIpc) is 2.62. The fraction of sp³-hybridized carbons (Fsp3) is 0.176. The standard InChI is InChI=1S/C17H16ClN3O5/c1-10-3-5-12(18)8-14(10)20-16(22)9-26-17(23)11-4-6-13(19-2)15(7-11)21(24)25/h3-8,19H,9H2,1-2H3,(H,20,22). The lowest BCUT2D eigenvalue weighted by Crippen LogP contribution is -2.21. The number of carbonyl (C=O) groups excluding carboxylic acids is 2. The third-order valence-electron chi connectivity index (χ3n) is 3.51. The fourth-order valence-electron chi connectivity index (χ4n) is 2.15. The number of rotatable bonds is 6. The molecule has 0 spiro atoms. The lowest BCUT2D eigenvalue weighted by Gasteiger charge is -2.10. The summed E-state index contributed by atoms with van der Waals surface area (Å²) in [6.07, 6.45) is 0. The van der Waals surface area contributed by atoms with Crippen LogP contribution in [0, 0.1) is 17.0 Å². The second kappa shape index (κ2) is 8.30. The van der Waals surface area contributed by atoms with Gasteiger partial charge in [-0.05, 0) is 36.8 Å². The number of nitrogens with zero attached hydrogens (tertiary/aromatic N) is 1. The summed E-state index contributed by atoms with van der Waals surface area (Å²) in [5.41, 5.74) is 1.28. The van der Waals surface area contributed by atoms with Gasteiger partial charge in [-0.3, -0.25) is 14.9 Å². The van der Waals surface area contributed by atoms with Gasteiger partial charge in [-0.2, -0.15) is 0 Å². The first kappa shape index (κ1) is 19.2. The van der Waals surface area contributed by atoms with Gasteiger partial charge in [-0.15, -0.1) is 0 Å². The Labute approximate surface area is 154 Å². The summed E-state index contributed by atoms with van der Waals surface area (Å²) >= 11 is 5.88.